The van der Waals surface area contributed by atoms with Crippen LogP contribution in [-0.2, 0) is 16.1 Å². The fraction of sp³-hybridized carbons (Fsp3) is 0.423. The van der Waals surface area contributed by atoms with Crippen molar-refractivity contribution >= 4 is 35.1 Å². The third kappa shape index (κ3) is 5.24. The van der Waals surface area contributed by atoms with Crippen LogP contribution in [0.2, 0.25) is 10.0 Å². The number of esters is 2. The molecule has 1 aliphatic rings. The molecule has 0 saturated heterocycles. The Labute approximate surface area is 219 Å². The van der Waals surface area contributed by atoms with Gasteiger partial charge in [-0.05, 0) is 45.2 Å². The van der Waals surface area contributed by atoms with E-state index in [2.05, 4.69) is 0 Å². The van der Waals surface area contributed by atoms with Gasteiger partial charge in [-0.25, -0.2) is 4.79 Å². The molecule has 0 aromatic heterocycles. The predicted octanol–water partition coefficient (Wildman–Crippen LogP) is 6.37. The van der Waals surface area contributed by atoms with E-state index >= 15 is 0 Å². The molecule has 1 atom stereocenters. The number of rotatable bonds is 5. The highest BCUT2D eigenvalue weighted by atomic mass is 35.5. The van der Waals surface area contributed by atoms with Crippen LogP contribution in [0.1, 0.15) is 74.2 Å². The minimum atomic E-state index is -0.903. The molecule has 0 amide bonds. The molecule has 0 bridgehead atoms. The van der Waals surface area contributed by atoms with Crippen molar-refractivity contribution in [2.24, 2.45) is 11.3 Å². The minimum absolute atomic E-state index is 0.00296. The monoisotopic (exact) mass is 535 g/mol. The molecule has 0 fully saturated rings. The van der Waals surface area contributed by atoms with Crippen LogP contribution < -0.4 is 14.2 Å². The van der Waals surface area contributed by atoms with Crippen LogP contribution in [0.3, 0.4) is 0 Å². The lowest BCUT2D eigenvalue weighted by molar-refractivity contribution is -0.143. The number of nitrogens with zero attached hydrogens (tertiary/aromatic N) is 1. The van der Waals surface area contributed by atoms with Gasteiger partial charge in [0, 0.05) is 5.56 Å². The van der Waals surface area contributed by atoms with E-state index in [1.54, 1.807) is 26.8 Å². The molecule has 0 radical (unpaired) electrons. The maximum absolute atomic E-state index is 13.1. The molecule has 0 saturated carbocycles. The maximum Gasteiger partial charge on any atom is 0.346 e. The summed E-state index contributed by atoms with van der Waals surface area (Å²) in [4.78, 5) is 25.8. The van der Waals surface area contributed by atoms with Crippen molar-refractivity contribution in [2.75, 3.05) is 7.11 Å². The van der Waals surface area contributed by atoms with E-state index in [9.17, 15) is 20.0 Å². The highest BCUT2D eigenvalue weighted by molar-refractivity contribution is 6.38. The molecule has 3 rings (SSSR count). The third-order valence-electron chi connectivity index (χ3n) is 5.47. The molecule has 10 heteroatoms. The van der Waals surface area contributed by atoms with Crippen molar-refractivity contribution in [3.05, 3.63) is 44.4 Å². The SMILES string of the molecule is COc1c(C(O)CC(C)C)ccc2c1C(=O)OCc1c(Cl)c(C#N)c(Cl)c(OC(=O)C(C)(C)C)c1O2. The number of ether oxygens (including phenoxy) is 4. The van der Waals surface area contributed by atoms with Gasteiger partial charge in [0.05, 0.1) is 34.8 Å². The number of benzene rings is 2. The molecule has 36 heavy (non-hydrogen) atoms. The van der Waals surface area contributed by atoms with Crippen molar-refractivity contribution in [3.8, 4) is 29.1 Å². The van der Waals surface area contributed by atoms with E-state index in [-0.39, 0.29) is 55.7 Å². The summed E-state index contributed by atoms with van der Waals surface area (Å²) in [5.74, 6) is -1.45. The second-order valence-corrected chi connectivity index (χ2v) is 10.5. The lowest BCUT2D eigenvalue weighted by atomic mass is 9.96. The fourth-order valence-corrected chi connectivity index (χ4v) is 4.19. The van der Waals surface area contributed by atoms with Gasteiger partial charge in [0.1, 0.15) is 34.8 Å². The Morgan fingerprint density at radius 2 is 1.89 bits per heavy atom. The average Bonchev–Trinajstić information content (AvgIpc) is 2.78. The number of aliphatic hydroxyl groups excluding tert-OH is 1. The molecule has 8 nitrogen and oxygen atoms in total. The molecular weight excluding hydrogens is 509 g/mol. The van der Waals surface area contributed by atoms with E-state index in [4.69, 9.17) is 42.1 Å². The zero-order chi connectivity index (χ0) is 26.9. The van der Waals surface area contributed by atoms with Crippen LogP contribution in [0, 0.1) is 22.7 Å². The summed E-state index contributed by atoms with van der Waals surface area (Å²) in [5.41, 5.74) is -0.621. The predicted molar refractivity (Wildman–Crippen MR) is 133 cm³/mol. The van der Waals surface area contributed by atoms with Gasteiger partial charge in [0.2, 0.25) is 0 Å². The summed E-state index contributed by atoms with van der Waals surface area (Å²) in [6.07, 6.45) is -0.468. The van der Waals surface area contributed by atoms with Gasteiger partial charge in [-0.15, -0.1) is 0 Å². The first-order valence-corrected chi connectivity index (χ1v) is 12.0. The second kappa shape index (κ2) is 10.6. The van der Waals surface area contributed by atoms with Gasteiger partial charge in [0.25, 0.3) is 0 Å². The lowest BCUT2D eigenvalue weighted by Crippen LogP contribution is -2.26. The van der Waals surface area contributed by atoms with Crippen LogP contribution in [0.15, 0.2) is 12.1 Å². The van der Waals surface area contributed by atoms with Crippen LogP contribution in [0.4, 0.5) is 0 Å². The average molecular weight is 536 g/mol. The molecular formula is C26H27Cl2NO7. The quantitative estimate of drug-likeness (QED) is 0.346. The topological polar surface area (TPSA) is 115 Å². The smallest absolute Gasteiger partial charge is 0.346 e. The number of fused-ring (bicyclic) bond motifs is 2. The molecule has 1 heterocycles. The van der Waals surface area contributed by atoms with Crippen molar-refractivity contribution in [1.29, 1.82) is 5.26 Å². The Kier molecular flexibility index (Phi) is 8.09. The van der Waals surface area contributed by atoms with Gasteiger partial charge in [-0.1, -0.05) is 37.0 Å². The summed E-state index contributed by atoms with van der Waals surface area (Å²) in [6.45, 7) is 8.48. The lowest BCUT2D eigenvalue weighted by Gasteiger charge is -2.26. The maximum atomic E-state index is 13.1. The van der Waals surface area contributed by atoms with Crippen LogP contribution >= 0.6 is 23.2 Å². The Balaban J connectivity index is 2.26. The van der Waals surface area contributed by atoms with E-state index in [1.165, 1.54) is 13.2 Å². The van der Waals surface area contributed by atoms with E-state index in [1.807, 2.05) is 19.9 Å². The van der Waals surface area contributed by atoms with Crippen molar-refractivity contribution in [3.63, 3.8) is 0 Å². The molecule has 192 valence electrons. The van der Waals surface area contributed by atoms with Crippen molar-refractivity contribution in [2.45, 2.75) is 53.8 Å². The second-order valence-electron chi connectivity index (χ2n) is 9.78. The fourth-order valence-electron chi connectivity index (χ4n) is 3.60. The Morgan fingerprint density at radius 1 is 1.22 bits per heavy atom. The molecule has 1 aliphatic heterocycles. The number of carbonyl (C=O) groups excluding carboxylic acids is 2. The highest BCUT2D eigenvalue weighted by Crippen LogP contribution is 2.50. The van der Waals surface area contributed by atoms with E-state index in [0.29, 0.717) is 12.0 Å². The molecule has 1 N–H and O–H groups in total. The van der Waals surface area contributed by atoms with E-state index in [0.717, 1.165) is 0 Å². The highest BCUT2D eigenvalue weighted by Gasteiger charge is 2.35. The van der Waals surface area contributed by atoms with Crippen molar-refractivity contribution in [1.82, 2.24) is 0 Å². The van der Waals surface area contributed by atoms with Crippen molar-refractivity contribution < 1.29 is 33.6 Å². The number of carbonyl (C=O) groups is 2. The number of methoxy groups -OCH3 is 1. The Hall–Kier alpha value is -2.99. The largest absolute Gasteiger partial charge is 0.495 e. The van der Waals surface area contributed by atoms with Gasteiger partial charge in [-0.2, -0.15) is 5.26 Å². The first-order chi connectivity index (χ1) is 16.8. The molecule has 0 aliphatic carbocycles. The molecule has 1 unspecified atom stereocenters. The van der Waals surface area contributed by atoms with Crippen LogP contribution in [0.5, 0.6) is 23.0 Å². The van der Waals surface area contributed by atoms with Crippen LogP contribution in [-0.4, -0.2) is 24.2 Å². The van der Waals surface area contributed by atoms with E-state index < -0.39 is 30.1 Å². The number of nitriles is 1. The number of aliphatic hydroxyl groups is 1. The summed E-state index contributed by atoms with van der Waals surface area (Å²) >= 11 is 12.9. The normalized spacial score (nSPS) is 13.9. The summed E-state index contributed by atoms with van der Waals surface area (Å²) in [5, 5.41) is 20.0. The number of hydrogen-bond acceptors (Lipinski definition) is 8. The minimum Gasteiger partial charge on any atom is -0.495 e. The number of cyclic esters (lactones) is 1. The van der Waals surface area contributed by atoms with Gasteiger partial charge in [0.15, 0.2) is 11.5 Å². The standard InChI is InChI=1S/C26H27Cl2NO7/c1-12(2)9-16(30)13-7-8-17-18(21(13)33-6)24(31)34-11-15-19(27)14(10-29)20(28)23(22(15)35-17)36-25(32)26(3,4)5/h7-8,12,16,30H,9,11H2,1-6H3. The molecule has 2 aromatic carbocycles. The Bertz CT molecular complexity index is 1260. The third-order valence-corrected chi connectivity index (χ3v) is 6.25. The van der Waals surface area contributed by atoms with Gasteiger partial charge >= 0.3 is 11.9 Å². The first-order valence-electron chi connectivity index (χ1n) is 11.2. The molecule has 0 spiro atoms. The molecule has 2 aromatic rings. The first kappa shape index (κ1) is 27.6. The zero-order valence-corrected chi connectivity index (χ0v) is 22.3. The number of halogens is 2. The van der Waals surface area contributed by atoms with Gasteiger partial charge < -0.3 is 24.1 Å². The summed E-state index contributed by atoms with van der Waals surface area (Å²) in [6, 6.07) is 4.94. The van der Waals surface area contributed by atoms with Crippen LogP contribution in [0.25, 0.3) is 0 Å². The summed E-state index contributed by atoms with van der Waals surface area (Å²) < 4.78 is 22.7. The zero-order valence-electron chi connectivity index (χ0n) is 20.8. The Morgan fingerprint density at radius 3 is 2.44 bits per heavy atom. The number of hydrogen-bond donors (Lipinski definition) is 1. The summed E-state index contributed by atoms with van der Waals surface area (Å²) in [7, 11) is 1.37. The van der Waals surface area contributed by atoms with Gasteiger partial charge in [-0.3, -0.25) is 4.79 Å².